The van der Waals surface area contributed by atoms with Gasteiger partial charge in [0.2, 0.25) is 0 Å². The van der Waals surface area contributed by atoms with E-state index in [1.807, 2.05) is 30.3 Å². The summed E-state index contributed by atoms with van der Waals surface area (Å²) in [5.41, 5.74) is 7.31. The van der Waals surface area contributed by atoms with Crippen molar-refractivity contribution in [3.63, 3.8) is 0 Å². The van der Waals surface area contributed by atoms with Gasteiger partial charge in [-0.05, 0) is 64.0 Å². The van der Waals surface area contributed by atoms with Gasteiger partial charge < -0.3 is 16.4 Å². The number of alkyl halides is 3. The maximum absolute atomic E-state index is 12.9. The van der Waals surface area contributed by atoms with Crippen molar-refractivity contribution in [2.24, 2.45) is 0 Å². The van der Waals surface area contributed by atoms with E-state index in [4.69, 9.17) is 17.3 Å². The highest BCUT2D eigenvalue weighted by Gasteiger charge is 2.33. The molecule has 3 aromatic rings. The van der Waals surface area contributed by atoms with E-state index in [0.29, 0.717) is 5.82 Å². The number of halogens is 5. The standard InChI is InChI=1S/C20H15ClF3IN4O/c21-17-5-4-14(8-16(17)20(22,23)24)29-19(30)28-9-11-2-1-3-12(6-11)15-7-13(25)10-27-18(15)26/h1-8,10H,9H2,(H2,26,27)(H2,28,29,30). The molecule has 3 rings (SSSR count). The average Bonchev–Trinajstić information content (AvgIpc) is 2.69. The summed E-state index contributed by atoms with van der Waals surface area (Å²) in [5.74, 6) is 0.390. The van der Waals surface area contributed by atoms with Gasteiger partial charge >= 0.3 is 12.2 Å². The van der Waals surface area contributed by atoms with Gasteiger partial charge in [-0.1, -0.05) is 29.8 Å². The Morgan fingerprint density at radius 1 is 1.17 bits per heavy atom. The van der Waals surface area contributed by atoms with Gasteiger partial charge in [-0.3, -0.25) is 0 Å². The van der Waals surface area contributed by atoms with Crippen LogP contribution in [-0.4, -0.2) is 11.0 Å². The van der Waals surface area contributed by atoms with Gasteiger partial charge in [-0.2, -0.15) is 13.2 Å². The molecule has 5 nitrogen and oxygen atoms in total. The van der Waals surface area contributed by atoms with Crippen LogP contribution in [0.25, 0.3) is 11.1 Å². The molecule has 1 aromatic heterocycles. The molecule has 0 radical (unpaired) electrons. The summed E-state index contributed by atoms with van der Waals surface area (Å²) in [5, 5.41) is 4.55. The number of aromatic nitrogens is 1. The molecule has 1 heterocycles. The van der Waals surface area contributed by atoms with E-state index in [2.05, 4.69) is 38.2 Å². The van der Waals surface area contributed by atoms with Crippen LogP contribution < -0.4 is 16.4 Å². The van der Waals surface area contributed by atoms with E-state index in [1.54, 1.807) is 6.20 Å². The number of nitrogens with two attached hydrogens (primary N) is 1. The molecule has 0 saturated heterocycles. The zero-order chi connectivity index (χ0) is 21.9. The monoisotopic (exact) mass is 546 g/mol. The highest BCUT2D eigenvalue weighted by Crippen LogP contribution is 2.36. The zero-order valence-electron chi connectivity index (χ0n) is 15.2. The van der Waals surface area contributed by atoms with Crippen LogP contribution in [-0.2, 0) is 12.7 Å². The normalized spacial score (nSPS) is 11.2. The predicted octanol–water partition coefficient (Wildman–Crippen LogP) is 5.93. The van der Waals surface area contributed by atoms with Gasteiger partial charge in [0.1, 0.15) is 5.82 Å². The number of urea groups is 1. The highest BCUT2D eigenvalue weighted by molar-refractivity contribution is 14.1. The van der Waals surface area contributed by atoms with Crippen LogP contribution in [0.3, 0.4) is 0 Å². The van der Waals surface area contributed by atoms with Gasteiger partial charge in [-0.25, -0.2) is 9.78 Å². The number of hydrogen-bond acceptors (Lipinski definition) is 3. The molecule has 10 heteroatoms. The third-order valence-corrected chi connectivity index (χ3v) is 5.03. The van der Waals surface area contributed by atoms with Gasteiger partial charge in [0.15, 0.2) is 0 Å². The highest BCUT2D eigenvalue weighted by atomic mass is 127. The van der Waals surface area contributed by atoms with Crippen LogP contribution in [0.5, 0.6) is 0 Å². The first-order valence-electron chi connectivity index (χ1n) is 8.55. The number of amides is 2. The lowest BCUT2D eigenvalue weighted by Gasteiger charge is -2.13. The number of pyridine rings is 1. The molecular weight excluding hydrogens is 532 g/mol. The summed E-state index contributed by atoms with van der Waals surface area (Å²) in [4.78, 5) is 16.3. The molecule has 0 spiro atoms. The van der Waals surface area contributed by atoms with E-state index in [-0.39, 0.29) is 12.2 Å². The Bertz CT molecular complexity index is 1090. The molecule has 0 aliphatic heterocycles. The first-order valence-corrected chi connectivity index (χ1v) is 10.0. The largest absolute Gasteiger partial charge is 0.417 e. The second-order valence-corrected chi connectivity index (χ2v) is 7.94. The van der Waals surface area contributed by atoms with E-state index in [9.17, 15) is 18.0 Å². The molecule has 0 saturated carbocycles. The fourth-order valence-corrected chi connectivity index (χ4v) is 3.38. The number of carbonyl (C=O) groups excluding carboxylic acids is 1. The second kappa shape index (κ2) is 9.09. The number of nitrogen functional groups attached to an aromatic ring is 1. The van der Waals surface area contributed by atoms with Crippen LogP contribution in [0, 0.1) is 3.57 Å². The Balaban J connectivity index is 1.68. The number of anilines is 2. The first kappa shape index (κ1) is 22.2. The summed E-state index contributed by atoms with van der Waals surface area (Å²) in [6.07, 6.45) is -2.95. The minimum Gasteiger partial charge on any atom is -0.383 e. The van der Waals surface area contributed by atoms with E-state index in [0.717, 1.165) is 32.4 Å². The van der Waals surface area contributed by atoms with Gasteiger partial charge in [0.25, 0.3) is 0 Å². The van der Waals surface area contributed by atoms with Crippen LogP contribution >= 0.6 is 34.2 Å². The fourth-order valence-electron chi connectivity index (χ4n) is 2.71. The van der Waals surface area contributed by atoms with Crippen molar-refractivity contribution < 1.29 is 18.0 Å². The minimum atomic E-state index is -4.61. The zero-order valence-corrected chi connectivity index (χ0v) is 18.1. The van der Waals surface area contributed by atoms with Gasteiger partial charge in [0, 0.05) is 27.6 Å². The third-order valence-electron chi connectivity index (χ3n) is 4.11. The summed E-state index contributed by atoms with van der Waals surface area (Å²) in [7, 11) is 0. The molecule has 0 aliphatic rings. The fraction of sp³-hybridized carbons (Fsp3) is 0.100. The Morgan fingerprint density at radius 3 is 2.67 bits per heavy atom. The van der Waals surface area contributed by atoms with Crippen LogP contribution in [0.15, 0.2) is 54.7 Å². The summed E-state index contributed by atoms with van der Waals surface area (Å²) in [6, 6.07) is 11.8. The molecule has 156 valence electrons. The Labute approximate surface area is 189 Å². The molecular formula is C20H15ClF3IN4O. The Hall–Kier alpha value is -2.53. The molecule has 2 aromatic carbocycles. The van der Waals surface area contributed by atoms with E-state index < -0.39 is 22.8 Å². The molecule has 0 atom stereocenters. The number of rotatable bonds is 4. The molecule has 0 aliphatic carbocycles. The maximum Gasteiger partial charge on any atom is 0.417 e. The molecule has 30 heavy (non-hydrogen) atoms. The molecule has 0 unspecified atom stereocenters. The molecule has 0 fully saturated rings. The third kappa shape index (κ3) is 5.54. The molecule has 4 N–H and O–H groups in total. The van der Waals surface area contributed by atoms with Crippen molar-refractivity contribution in [3.05, 3.63) is 74.4 Å². The van der Waals surface area contributed by atoms with Crippen molar-refractivity contribution in [2.75, 3.05) is 11.1 Å². The Kier molecular flexibility index (Phi) is 6.71. The minimum absolute atomic E-state index is 0.0179. The number of carbonyl (C=O) groups is 1. The quantitative estimate of drug-likeness (QED) is 0.355. The van der Waals surface area contributed by atoms with Crippen LogP contribution in [0.2, 0.25) is 5.02 Å². The number of benzene rings is 2. The average molecular weight is 547 g/mol. The van der Waals surface area contributed by atoms with Crippen LogP contribution in [0.4, 0.5) is 29.5 Å². The lowest BCUT2D eigenvalue weighted by atomic mass is 10.0. The smallest absolute Gasteiger partial charge is 0.383 e. The summed E-state index contributed by atoms with van der Waals surface area (Å²) >= 11 is 7.72. The predicted molar refractivity (Wildman–Crippen MR) is 119 cm³/mol. The molecule has 2 amide bonds. The maximum atomic E-state index is 12.9. The number of hydrogen-bond donors (Lipinski definition) is 3. The number of nitrogens with zero attached hydrogens (tertiary/aromatic N) is 1. The van der Waals surface area contributed by atoms with Gasteiger partial charge in [0.05, 0.1) is 10.6 Å². The van der Waals surface area contributed by atoms with Crippen molar-refractivity contribution in [1.29, 1.82) is 0 Å². The SMILES string of the molecule is Nc1ncc(I)cc1-c1cccc(CNC(=O)Nc2ccc(Cl)c(C(F)(F)F)c2)c1. The summed E-state index contributed by atoms with van der Waals surface area (Å²) in [6.45, 7) is 0.163. The summed E-state index contributed by atoms with van der Waals surface area (Å²) < 4.78 is 39.8. The van der Waals surface area contributed by atoms with Crippen molar-refractivity contribution in [3.8, 4) is 11.1 Å². The lowest BCUT2D eigenvalue weighted by Crippen LogP contribution is -2.28. The van der Waals surface area contributed by atoms with Crippen LogP contribution in [0.1, 0.15) is 11.1 Å². The van der Waals surface area contributed by atoms with E-state index >= 15 is 0 Å². The van der Waals surface area contributed by atoms with Crippen molar-refractivity contribution in [2.45, 2.75) is 12.7 Å². The second-order valence-electron chi connectivity index (χ2n) is 6.29. The topological polar surface area (TPSA) is 80.0 Å². The van der Waals surface area contributed by atoms with Crippen molar-refractivity contribution >= 4 is 51.7 Å². The first-order chi connectivity index (χ1) is 14.1. The molecule has 0 bridgehead atoms. The number of nitrogens with one attached hydrogen (secondary N) is 2. The van der Waals surface area contributed by atoms with Gasteiger partial charge in [-0.15, -0.1) is 0 Å². The Morgan fingerprint density at radius 2 is 1.93 bits per heavy atom. The van der Waals surface area contributed by atoms with E-state index in [1.165, 1.54) is 6.07 Å². The lowest BCUT2D eigenvalue weighted by molar-refractivity contribution is -0.137. The van der Waals surface area contributed by atoms with Crippen molar-refractivity contribution in [1.82, 2.24) is 10.3 Å².